The van der Waals surface area contributed by atoms with Crippen LogP contribution in [0.1, 0.15) is 16.7 Å². The molecule has 0 aliphatic carbocycles. The van der Waals surface area contributed by atoms with Crippen molar-refractivity contribution in [3.05, 3.63) is 63.9 Å². The molecule has 2 aromatic rings. The molecule has 0 bridgehead atoms. The van der Waals surface area contributed by atoms with Crippen molar-refractivity contribution in [1.29, 1.82) is 0 Å². The van der Waals surface area contributed by atoms with Crippen LogP contribution in [0.5, 0.6) is 5.75 Å². The summed E-state index contributed by atoms with van der Waals surface area (Å²) in [6.07, 6.45) is 1.79. The maximum absolute atomic E-state index is 12.8. The molecule has 2 nitrogen and oxygen atoms in total. The molecule has 1 aliphatic heterocycles. The molecule has 0 saturated carbocycles. The summed E-state index contributed by atoms with van der Waals surface area (Å²) in [5.74, 6) is 0.784. The topological polar surface area (TPSA) is 21.3 Å². The Kier molecular flexibility index (Phi) is 4.42. The highest BCUT2D eigenvalue weighted by atomic mass is 35.5. The Morgan fingerprint density at radius 1 is 1.19 bits per heavy atom. The van der Waals surface area contributed by atoms with Gasteiger partial charge in [-0.05, 0) is 48.4 Å². The minimum atomic E-state index is -0.196. The maximum Gasteiger partial charge on any atom is 0.127 e. The van der Waals surface area contributed by atoms with Crippen molar-refractivity contribution >= 4 is 11.6 Å². The minimum absolute atomic E-state index is 0.196. The standard InChI is InChI=1S/C17H17ClFNO/c18-15-9-13-6-8-21-17(13)14(10-15)11-20-7-5-12-1-3-16(19)4-2-12/h1-4,9-10,20H,5-8,11H2. The summed E-state index contributed by atoms with van der Waals surface area (Å²) >= 11 is 6.13. The molecule has 4 heteroatoms. The van der Waals surface area contributed by atoms with Crippen molar-refractivity contribution in [1.82, 2.24) is 5.32 Å². The van der Waals surface area contributed by atoms with Crippen LogP contribution < -0.4 is 10.1 Å². The molecule has 0 spiro atoms. The Morgan fingerprint density at radius 3 is 2.81 bits per heavy atom. The lowest BCUT2D eigenvalue weighted by Crippen LogP contribution is -2.17. The maximum atomic E-state index is 12.8. The van der Waals surface area contributed by atoms with E-state index in [1.165, 1.54) is 17.7 Å². The second-order valence-electron chi connectivity index (χ2n) is 5.20. The second kappa shape index (κ2) is 6.46. The summed E-state index contributed by atoms with van der Waals surface area (Å²) in [6.45, 7) is 2.29. The molecular weight excluding hydrogens is 289 g/mol. The zero-order valence-corrected chi connectivity index (χ0v) is 12.4. The highest BCUT2D eigenvalue weighted by Gasteiger charge is 2.17. The van der Waals surface area contributed by atoms with Gasteiger partial charge in [-0.25, -0.2) is 4.39 Å². The molecule has 0 saturated heterocycles. The SMILES string of the molecule is Fc1ccc(CCNCc2cc(Cl)cc3c2OCC3)cc1. The third kappa shape index (κ3) is 3.55. The number of rotatable bonds is 5. The van der Waals surface area contributed by atoms with Crippen LogP contribution in [0, 0.1) is 5.82 Å². The van der Waals surface area contributed by atoms with Crippen molar-refractivity contribution < 1.29 is 9.13 Å². The summed E-state index contributed by atoms with van der Waals surface area (Å²) in [7, 11) is 0. The van der Waals surface area contributed by atoms with Crippen LogP contribution in [0.4, 0.5) is 4.39 Å². The second-order valence-corrected chi connectivity index (χ2v) is 5.64. The normalized spacial score (nSPS) is 13.0. The average Bonchev–Trinajstić information content (AvgIpc) is 2.93. The summed E-state index contributed by atoms with van der Waals surface area (Å²) in [6, 6.07) is 10.6. The van der Waals surface area contributed by atoms with Gasteiger partial charge in [-0.15, -0.1) is 0 Å². The quantitative estimate of drug-likeness (QED) is 0.850. The lowest BCUT2D eigenvalue weighted by Gasteiger charge is -2.10. The third-order valence-corrected chi connectivity index (χ3v) is 3.86. The van der Waals surface area contributed by atoms with E-state index in [1.54, 1.807) is 0 Å². The van der Waals surface area contributed by atoms with E-state index >= 15 is 0 Å². The molecule has 110 valence electrons. The van der Waals surface area contributed by atoms with Gasteiger partial charge in [-0.2, -0.15) is 0 Å². The predicted molar refractivity (Wildman–Crippen MR) is 82.5 cm³/mol. The first kappa shape index (κ1) is 14.4. The molecule has 21 heavy (non-hydrogen) atoms. The Hall–Kier alpha value is -1.58. The Morgan fingerprint density at radius 2 is 2.00 bits per heavy atom. The van der Waals surface area contributed by atoms with Gasteiger partial charge in [-0.1, -0.05) is 23.7 Å². The number of hydrogen-bond donors (Lipinski definition) is 1. The zero-order valence-electron chi connectivity index (χ0n) is 11.7. The van der Waals surface area contributed by atoms with Gasteiger partial charge in [0.15, 0.2) is 0 Å². The van der Waals surface area contributed by atoms with Crippen LogP contribution in [-0.2, 0) is 19.4 Å². The molecule has 0 fully saturated rings. The first-order valence-electron chi connectivity index (χ1n) is 7.11. The number of benzene rings is 2. The third-order valence-electron chi connectivity index (χ3n) is 3.64. The summed E-state index contributed by atoms with van der Waals surface area (Å²) < 4.78 is 18.5. The van der Waals surface area contributed by atoms with Crippen LogP contribution in [0.25, 0.3) is 0 Å². The van der Waals surface area contributed by atoms with Gasteiger partial charge in [0.2, 0.25) is 0 Å². The monoisotopic (exact) mass is 305 g/mol. The molecule has 1 heterocycles. The van der Waals surface area contributed by atoms with E-state index < -0.39 is 0 Å². The zero-order chi connectivity index (χ0) is 14.7. The Balaban J connectivity index is 1.55. The van der Waals surface area contributed by atoms with Gasteiger partial charge in [0.1, 0.15) is 11.6 Å². The molecule has 2 aromatic carbocycles. The Labute approximate surface area is 128 Å². The lowest BCUT2D eigenvalue weighted by atomic mass is 10.1. The van der Waals surface area contributed by atoms with Gasteiger partial charge in [0.25, 0.3) is 0 Å². The van der Waals surface area contributed by atoms with Crippen LogP contribution >= 0.6 is 11.6 Å². The van der Waals surface area contributed by atoms with Gasteiger partial charge >= 0.3 is 0 Å². The van der Waals surface area contributed by atoms with E-state index in [2.05, 4.69) is 5.32 Å². The van der Waals surface area contributed by atoms with Crippen LogP contribution in [0.2, 0.25) is 5.02 Å². The first-order valence-corrected chi connectivity index (χ1v) is 7.49. The van der Waals surface area contributed by atoms with Gasteiger partial charge in [-0.3, -0.25) is 0 Å². The van der Waals surface area contributed by atoms with Crippen molar-refractivity contribution in [3.63, 3.8) is 0 Å². The molecular formula is C17H17ClFNO. The number of halogens is 2. The van der Waals surface area contributed by atoms with E-state index in [4.69, 9.17) is 16.3 Å². The highest BCUT2D eigenvalue weighted by molar-refractivity contribution is 6.30. The Bertz CT molecular complexity index is 627. The van der Waals surface area contributed by atoms with Crippen molar-refractivity contribution in [3.8, 4) is 5.75 Å². The predicted octanol–water partition coefficient (Wildman–Crippen LogP) is 3.75. The number of hydrogen-bond acceptors (Lipinski definition) is 2. The molecule has 0 unspecified atom stereocenters. The van der Waals surface area contributed by atoms with Gasteiger partial charge < -0.3 is 10.1 Å². The van der Waals surface area contributed by atoms with Gasteiger partial charge in [0.05, 0.1) is 6.61 Å². The first-order chi connectivity index (χ1) is 10.2. The molecule has 3 rings (SSSR count). The smallest absolute Gasteiger partial charge is 0.127 e. The van der Waals surface area contributed by atoms with E-state index in [9.17, 15) is 4.39 Å². The summed E-state index contributed by atoms with van der Waals surface area (Å²) in [4.78, 5) is 0. The average molecular weight is 306 g/mol. The van der Waals surface area contributed by atoms with E-state index in [0.29, 0.717) is 0 Å². The fourth-order valence-corrected chi connectivity index (χ4v) is 2.85. The molecule has 0 amide bonds. The van der Waals surface area contributed by atoms with E-state index in [-0.39, 0.29) is 5.82 Å². The fraction of sp³-hybridized carbons (Fsp3) is 0.294. The van der Waals surface area contributed by atoms with Crippen molar-refractivity contribution in [2.45, 2.75) is 19.4 Å². The minimum Gasteiger partial charge on any atom is -0.493 e. The largest absolute Gasteiger partial charge is 0.493 e. The van der Waals surface area contributed by atoms with Crippen LogP contribution in [-0.4, -0.2) is 13.2 Å². The lowest BCUT2D eigenvalue weighted by molar-refractivity contribution is 0.352. The molecule has 0 radical (unpaired) electrons. The van der Waals surface area contributed by atoms with Crippen molar-refractivity contribution in [2.75, 3.05) is 13.2 Å². The summed E-state index contributed by atoms with van der Waals surface area (Å²) in [5.41, 5.74) is 3.42. The van der Waals surface area contributed by atoms with Crippen LogP contribution in [0.15, 0.2) is 36.4 Å². The molecule has 1 aliphatic rings. The number of nitrogens with one attached hydrogen (secondary N) is 1. The molecule has 1 N–H and O–H groups in total. The number of ether oxygens (including phenoxy) is 1. The fourth-order valence-electron chi connectivity index (χ4n) is 2.58. The van der Waals surface area contributed by atoms with Crippen molar-refractivity contribution in [2.24, 2.45) is 0 Å². The van der Waals surface area contributed by atoms with E-state index in [1.807, 2.05) is 24.3 Å². The number of fused-ring (bicyclic) bond motifs is 1. The molecule has 0 atom stereocenters. The highest BCUT2D eigenvalue weighted by Crippen LogP contribution is 2.32. The summed E-state index contributed by atoms with van der Waals surface area (Å²) in [5, 5.41) is 4.15. The van der Waals surface area contributed by atoms with E-state index in [0.717, 1.165) is 54.4 Å². The molecule has 0 aromatic heterocycles. The van der Waals surface area contributed by atoms with Gasteiger partial charge in [0, 0.05) is 23.6 Å². The van der Waals surface area contributed by atoms with Crippen LogP contribution in [0.3, 0.4) is 0 Å².